The van der Waals surface area contributed by atoms with Crippen LogP contribution in [-0.2, 0) is 4.79 Å². The van der Waals surface area contributed by atoms with E-state index < -0.39 is 3.78 Å². The molecule has 0 aliphatic rings. The van der Waals surface area contributed by atoms with Crippen LogP contribution < -0.4 is 0 Å². The normalized spacial score (nSPS) is 19.2. The molecule has 0 saturated heterocycles. The molecule has 0 bridgehead atoms. The first-order chi connectivity index (χ1) is 4.39. The van der Waals surface area contributed by atoms with Crippen molar-refractivity contribution in [3.05, 3.63) is 12.7 Å². The summed E-state index contributed by atoms with van der Waals surface area (Å²) in [6.07, 6.45) is 1.57. The monoisotopic (exact) mass is 224 g/mol. The van der Waals surface area contributed by atoms with Crippen LogP contribution in [0.4, 0.5) is 0 Å². The average molecular weight is 226 g/mol. The molecule has 2 atom stereocenters. The molecule has 0 amide bonds. The fourth-order valence-electron chi connectivity index (χ4n) is 0.507. The van der Waals surface area contributed by atoms with Crippen LogP contribution in [0, 0.1) is 5.92 Å². The Morgan fingerprint density at radius 3 is 2.40 bits per heavy atom. The van der Waals surface area contributed by atoms with Gasteiger partial charge in [-0.2, -0.15) is 0 Å². The molecule has 1 nitrogen and oxygen atoms in total. The summed E-state index contributed by atoms with van der Waals surface area (Å²) in [7, 11) is 0. The van der Waals surface area contributed by atoms with Gasteiger partial charge in [0.15, 0.2) is 9.57 Å². The van der Waals surface area contributed by atoms with Crippen LogP contribution in [0.25, 0.3) is 0 Å². The van der Waals surface area contributed by atoms with Crippen LogP contribution in [0.3, 0.4) is 0 Å². The smallest absolute Gasteiger partial charge is 0.170 e. The molecule has 58 valence electrons. The van der Waals surface area contributed by atoms with Gasteiger partial charge in [-0.1, -0.05) is 40.5 Å². The number of halogens is 2. The summed E-state index contributed by atoms with van der Waals surface area (Å²) in [4.78, 5) is 11.1. The largest absolute Gasteiger partial charge is 0.296 e. The zero-order valence-electron chi connectivity index (χ0n) is 6.03. The standard InChI is InChI=1S/C7H10BrClO/c1-4-5(2)6(10)7(3,8)9/h4-5H,1H2,2-3H3. The maximum Gasteiger partial charge on any atom is 0.170 e. The average Bonchev–Trinajstić information content (AvgIpc) is 1.83. The highest BCUT2D eigenvalue weighted by atomic mass is 79.9. The predicted molar refractivity (Wildman–Crippen MR) is 47.6 cm³/mol. The van der Waals surface area contributed by atoms with E-state index >= 15 is 0 Å². The van der Waals surface area contributed by atoms with E-state index in [2.05, 4.69) is 22.5 Å². The zero-order valence-corrected chi connectivity index (χ0v) is 8.37. The van der Waals surface area contributed by atoms with Crippen molar-refractivity contribution in [3.8, 4) is 0 Å². The summed E-state index contributed by atoms with van der Waals surface area (Å²) in [5.74, 6) is -0.258. The van der Waals surface area contributed by atoms with Gasteiger partial charge in [0.2, 0.25) is 0 Å². The third kappa shape index (κ3) is 2.84. The number of carbonyl (C=O) groups is 1. The van der Waals surface area contributed by atoms with E-state index in [1.807, 2.05) is 0 Å². The number of allylic oxidation sites excluding steroid dienone is 1. The van der Waals surface area contributed by atoms with Crippen LogP contribution in [0.1, 0.15) is 13.8 Å². The third-order valence-corrected chi connectivity index (χ3v) is 1.78. The van der Waals surface area contributed by atoms with Crippen LogP contribution >= 0.6 is 27.5 Å². The number of Topliss-reactive ketones (excluding diaryl/α,β-unsaturated/α-hetero) is 1. The number of alkyl halides is 2. The molecule has 0 spiro atoms. The van der Waals surface area contributed by atoms with Crippen molar-refractivity contribution in [2.24, 2.45) is 5.92 Å². The molecule has 0 aromatic rings. The first kappa shape index (κ1) is 10.2. The second-order valence-corrected chi connectivity index (χ2v) is 5.08. The Labute approximate surface area is 74.6 Å². The van der Waals surface area contributed by atoms with Gasteiger partial charge in [0.25, 0.3) is 0 Å². The molecule has 10 heavy (non-hydrogen) atoms. The molecule has 0 rings (SSSR count). The second-order valence-electron chi connectivity index (χ2n) is 2.28. The Balaban J connectivity index is 4.22. The number of hydrogen-bond acceptors (Lipinski definition) is 1. The first-order valence-corrected chi connectivity index (χ1v) is 4.11. The molecule has 0 fully saturated rings. The van der Waals surface area contributed by atoms with Gasteiger partial charge in [-0.25, -0.2) is 0 Å². The molecule has 0 saturated carbocycles. The van der Waals surface area contributed by atoms with Crippen molar-refractivity contribution in [2.45, 2.75) is 17.6 Å². The zero-order chi connectivity index (χ0) is 8.36. The van der Waals surface area contributed by atoms with Gasteiger partial charge in [-0.05, 0) is 6.92 Å². The Bertz CT molecular complexity index is 148. The minimum absolute atomic E-state index is 0.0656. The number of carbonyl (C=O) groups excluding carboxylic acids is 1. The van der Waals surface area contributed by atoms with Crippen molar-refractivity contribution < 1.29 is 4.79 Å². The highest BCUT2D eigenvalue weighted by Crippen LogP contribution is 2.27. The van der Waals surface area contributed by atoms with E-state index in [0.717, 1.165) is 0 Å². The van der Waals surface area contributed by atoms with Crippen molar-refractivity contribution in [2.75, 3.05) is 0 Å². The molecule has 0 heterocycles. The Morgan fingerprint density at radius 1 is 1.90 bits per heavy atom. The lowest BCUT2D eigenvalue weighted by Gasteiger charge is -2.14. The van der Waals surface area contributed by atoms with Crippen LogP contribution in [0.5, 0.6) is 0 Å². The van der Waals surface area contributed by atoms with Gasteiger partial charge in [0.05, 0.1) is 0 Å². The van der Waals surface area contributed by atoms with E-state index in [9.17, 15) is 4.79 Å². The molecule has 0 aromatic carbocycles. The Morgan fingerprint density at radius 2 is 2.30 bits per heavy atom. The summed E-state index contributed by atoms with van der Waals surface area (Å²) in [5.41, 5.74) is 0. The molecule has 0 aliphatic carbocycles. The van der Waals surface area contributed by atoms with Crippen molar-refractivity contribution in [1.29, 1.82) is 0 Å². The van der Waals surface area contributed by atoms with Gasteiger partial charge in [0, 0.05) is 5.92 Å². The highest BCUT2D eigenvalue weighted by Gasteiger charge is 2.29. The summed E-state index contributed by atoms with van der Waals surface area (Å²) in [6.45, 7) is 6.86. The Kier molecular flexibility index (Phi) is 3.60. The Hall–Kier alpha value is 0.180. The predicted octanol–water partition coefficient (Wildman–Crippen LogP) is 2.73. The number of rotatable bonds is 3. The van der Waals surface area contributed by atoms with Crippen molar-refractivity contribution in [1.82, 2.24) is 0 Å². The maximum absolute atomic E-state index is 11.1. The third-order valence-electron chi connectivity index (χ3n) is 1.20. The van der Waals surface area contributed by atoms with Crippen molar-refractivity contribution >= 4 is 33.3 Å². The van der Waals surface area contributed by atoms with Gasteiger partial charge >= 0.3 is 0 Å². The lowest BCUT2D eigenvalue weighted by Crippen LogP contribution is -2.26. The van der Waals surface area contributed by atoms with Gasteiger partial charge < -0.3 is 0 Å². The fraction of sp³-hybridized carbons (Fsp3) is 0.571. The molecular weight excluding hydrogens is 215 g/mol. The van der Waals surface area contributed by atoms with E-state index in [1.165, 1.54) is 0 Å². The van der Waals surface area contributed by atoms with E-state index in [0.29, 0.717) is 0 Å². The second kappa shape index (κ2) is 3.54. The molecule has 3 heteroatoms. The highest BCUT2D eigenvalue weighted by molar-refractivity contribution is 9.10. The SMILES string of the molecule is C=CC(C)C(=O)C(C)(Cl)Br. The van der Waals surface area contributed by atoms with Crippen LogP contribution in [-0.4, -0.2) is 9.57 Å². The molecule has 0 aromatic heterocycles. The van der Waals surface area contributed by atoms with Gasteiger partial charge in [-0.15, -0.1) is 6.58 Å². The number of ketones is 1. The lowest BCUT2D eigenvalue weighted by molar-refractivity contribution is -0.121. The summed E-state index contributed by atoms with van der Waals surface area (Å²) in [5, 5.41) is 0. The number of hydrogen-bond donors (Lipinski definition) is 0. The van der Waals surface area contributed by atoms with Gasteiger partial charge in [0.1, 0.15) is 0 Å². The summed E-state index contributed by atoms with van der Waals surface area (Å²) in [6, 6.07) is 0. The minimum atomic E-state index is -0.944. The van der Waals surface area contributed by atoms with Crippen LogP contribution in [0.2, 0.25) is 0 Å². The maximum atomic E-state index is 11.1. The van der Waals surface area contributed by atoms with Crippen LogP contribution in [0.15, 0.2) is 12.7 Å². The van der Waals surface area contributed by atoms with Crippen molar-refractivity contribution in [3.63, 3.8) is 0 Å². The van der Waals surface area contributed by atoms with Gasteiger partial charge in [-0.3, -0.25) is 4.79 Å². The summed E-state index contributed by atoms with van der Waals surface area (Å²) >= 11 is 8.73. The quantitative estimate of drug-likeness (QED) is 0.533. The molecule has 0 N–H and O–H groups in total. The molecule has 2 unspecified atom stereocenters. The van der Waals surface area contributed by atoms with E-state index in [4.69, 9.17) is 11.6 Å². The van der Waals surface area contributed by atoms with E-state index in [1.54, 1.807) is 19.9 Å². The van der Waals surface area contributed by atoms with E-state index in [-0.39, 0.29) is 11.7 Å². The topological polar surface area (TPSA) is 17.1 Å². The molecule has 0 aliphatic heterocycles. The lowest BCUT2D eigenvalue weighted by atomic mass is 10.1. The molecule has 0 radical (unpaired) electrons. The minimum Gasteiger partial charge on any atom is -0.296 e. The molecular formula is C7H10BrClO. The summed E-state index contributed by atoms with van der Waals surface area (Å²) < 4.78 is -0.944. The first-order valence-electron chi connectivity index (χ1n) is 2.94. The fourth-order valence-corrected chi connectivity index (χ4v) is 1.04.